The van der Waals surface area contributed by atoms with Gasteiger partial charge in [-0.05, 0) is 24.3 Å². The van der Waals surface area contributed by atoms with Crippen LogP contribution in [-0.2, 0) is 0 Å². The molecule has 26 heavy (non-hydrogen) atoms. The number of nitro groups is 1. The number of aromatic nitrogens is 4. The minimum absolute atomic E-state index is 0.0330. The molecule has 3 rings (SSSR count). The zero-order chi connectivity index (χ0) is 18.4. The van der Waals surface area contributed by atoms with Gasteiger partial charge in [0.1, 0.15) is 6.33 Å². The molecule has 130 valence electrons. The van der Waals surface area contributed by atoms with Gasteiger partial charge in [0.2, 0.25) is 11.6 Å². The molecule has 0 spiro atoms. The Bertz CT molecular complexity index is 921. The maximum Gasteiger partial charge on any atom is 0.355 e. The van der Waals surface area contributed by atoms with Crippen LogP contribution in [0.1, 0.15) is 10.4 Å². The highest BCUT2D eigenvalue weighted by Gasteiger charge is 2.23. The van der Waals surface area contributed by atoms with Crippen molar-refractivity contribution in [3.8, 4) is 0 Å². The van der Waals surface area contributed by atoms with Crippen LogP contribution >= 0.6 is 0 Å². The molecule has 3 aromatic rings. The molecular formula is C15H12N8O3. The molecule has 11 nitrogen and oxygen atoms in total. The third kappa shape index (κ3) is 3.84. The van der Waals surface area contributed by atoms with Crippen LogP contribution in [0.4, 0.5) is 23.0 Å². The van der Waals surface area contributed by atoms with Gasteiger partial charge in [-0.1, -0.05) is 0 Å². The number of nitrogens with one attached hydrogen (secondary N) is 3. The molecule has 0 saturated heterocycles. The first-order valence-electron chi connectivity index (χ1n) is 7.28. The van der Waals surface area contributed by atoms with Gasteiger partial charge < -0.3 is 5.32 Å². The van der Waals surface area contributed by atoms with E-state index in [9.17, 15) is 14.9 Å². The summed E-state index contributed by atoms with van der Waals surface area (Å²) in [5, 5.41) is 14.3. The van der Waals surface area contributed by atoms with Gasteiger partial charge in [-0.2, -0.15) is 0 Å². The summed E-state index contributed by atoms with van der Waals surface area (Å²) in [5.41, 5.74) is 5.21. The fourth-order valence-corrected chi connectivity index (χ4v) is 1.99. The Morgan fingerprint density at radius 3 is 2.50 bits per heavy atom. The maximum absolute atomic E-state index is 12.0. The van der Waals surface area contributed by atoms with Crippen molar-refractivity contribution in [3.63, 3.8) is 0 Å². The molecular weight excluding hydrogens is 340 g/mol. The smallest absolute Gasteiger partial charge is 0.334 e. The molecule has 0 fully saturated rings. The summed E-state index contributed by atoms with van der Waals surface area (Å²) in [6.45, 7) is 0. The Hall–Kier alpha value is -4.15. The molecule has 0 saturated carbocycles. The van der Waals surface area contributed by atoms with Gasteiger partial charge in [0.15, 0.2) is 0 Å². The highest BCUT2D eigenvalue weighted by molar-refractivity contribution is 5.94. The van der Waals surface area contributed by atoms with Crippen molar-refractivity contribution in [2.75, 3.05) is 10.7 Å². The second-order valence-electron chi connectivity index (χ2n) is 4.86. The van der Waals surface area contributed by atoms with Crippen molar-refractivity contribution in [3.05, 3.63) is 71.1 Å². The van der Waals surface area contributed by atoms with E-state index in [1.165, 1.54) is 24.8 Å². The zero-order valence-electron chi connectivity index (χ0n) is 13.2. The summed E-state index contributed by atoms with van der Waals surface area (Å²) < 4.78 is 0. The minimum atomic E-state index is -0.651. The SMILES string of the molecule is O=C(NNc1ncnc(Nc2ccncc2)c1[N+](=O)[O-])c1cccnc1. The van der Waals surface area contributed by atoms with Gasteiger partial charge in [-0.15, -0.1) is 0 Å². The summed E-state index contributed by atoms with van der Waals surface area (Å²) in [7, 11) is 0. The molecule has 0 unspecified atom stereocenters. The lowest BCUT2D eigenvalue weighted by Crippen LogP contribution is -2.30. The molecule has 0 radical (unpaired) electrons. The van der Waals surface area contributed by atoms with Crippen LogP contribution in [0.3, 0.4) is 0 Å². The summed E-state index contributed by atoms with van der Waals surface area (Å²) in [6, 6.07) is 6.40. The van der Waals surface area contributed by atoms with E-state index in [4.69, 9.17) is 0 Å². The second-order valence-corrected chi connectivity index (χ2v) is 4.86. The molecule has 0 aromatic carbocycles. The topological polar surface area (TPSA) is 148 Å². The summed E-state index contributed by atoms with van der Waals surface area (Å²) in [5.74, 6) is -0.720. The van der Waals surface area contributed by atoms with E-state index in [1.807, 2.05) is 0 Å². The van der Waals surface area contributed by atoms with Gasteiger partial charge in [0, 0.05) is 30.5 Å². The van der Waals surface area contributed by atoms with E-state index < -0.39 is 16.5 Å². The second kappa shape index (κ2) is 7.61. The lowest BCUT2D eigenvalue weighted by atomic mass is 10.3. The van der Waals surface area contributed by atoms with Gasteiger partial charge in [0.25, 0.3) is 5.91 Å². The van der Waals surface area contributed by atoms with Crippen LogP contribution in [0.15, 0.2) is 55.4 Å². The van der Waals surface area contributed by atoms with E-state index in [-0.39, 0.29) is 17.2 Å². The van der Waals surface area contributed by atoms with Crippen LogP contribution in [0.2, 0.25) is 0 Å². The molecule has 3 aromatic heterocycles. The van der Waals surface area contributed by atoms with Gasteiger partial charge in [-0.25, -0.2) is 9.97 Å². The Kier molecular flexibility index (Phi) is 4.89. The number of carbonyl (C=O) groups excluding carboxylic acids is 1. The Morgan fingerprint density at radius 2 is 1.81 bits per heavy atom. The van der Waals surface area contributed by atoms with Crippen LogP contribution in [-0.4, -0.2) is 30.8 Å². The fourth-order valence-electron chi connectivity index (χ4n) is 1.99. The Labute approximate surface area is 146 Å². The van der Waals surface area contributed by atoms with E-state index in [0.717, 1.165) is 6.33 Å². The van der Waals surface area contributed by atoms with Crippen molar-refractivity contribution in [1.29, 1.82) is 0 Å². The van der Waals surface area contributed by atoms with E-state index in [2.05, 4.69) is 36.1 Å². The Morgan fingerprint density at radius 1 is 1.04 bits per heavy atom. The highest BCUT2D eigenvalue weighted by atomic mass is 16.6. The van der Waals surface area contributed by atoms with Gasteiger partial charge in [0.05, 0.1) is 10.5 Å². The number of anilines is 3. The number of hydrogen-bond acceptors (Lipinski definition) is 9. The fraction of sp³-hybridized carbons (Fsp3) is 0. The van der Waals surface area contributed by atoms with Crippen LogP contribution < -0.4 is 16.2 Å². The first-order chi connectivity index (χ1) is 12.6. The van der Waals surface area contributed by atoms with Crippen molar-refractivity contribution in [2.45, 2.75) is 0 Å². The molecule has 1 amide bonds. The quantitative estimate of drug-likeness (QED) is 0.445. The predicted molar refractivity (Wildman–Crippen MR) is 91.5 cm³/mol. The molecule has 11 heteroatoms. The van der Waals surface area contributed by atoms with Crippen LogP contribution in [0.5, 0.6) is 0 Å². The summed E-state index contributed by atoms with van der Waals surface area (Å²) in [6.07, 6.45) is 7.08. The maximum atomic E-state index is 12.0. The number of rotatable bonds is 6. The van der Waals surface area contributed by atoms with Crippen molar-refractivity contribution < 1.29 is 9.72 Å². The average Bonchev–Trinajstić information content (AvgIpc) is 2.67. The number of carbonyl (C=O) groups is 1. The molecule has 0 aliphatic carbocycles. The van der Waals surface area contributed by atoms with Gasteiger partial charge in [-0.3, -0.25) is 35.7 Å². The third-order valence-electron chi connectivity index (χ3n) is 3.17. The van der Waals surface area contributed by atoms with E-state index in [1.54, 1.807) is 24.3 Å². The average molecular weight is 352 g/mol. The van der Waals surface area contributed by atoms with Crippen LogP contribution in [0.25, 0.3) is 0 Å². The lowest BCUT2D eigenvalue weighted by Gasteiger charge is -2.10. The molecule has 0 bridgehead atoms. The summed E-state index contributed by atoms with van der Waals surface area (Å²) in [4.78, 5) is 38.2. The number of pyridine rings is 2. The predicted octanol–water partition coefficient (Wildman–Crippen LogP) is 1.68. The summed E-state index contributed by atoms with van der Waals surface area (Å²) >= 11 is 0. The number of amides is 1. The lowest BCUT2D eigenvalue weighted by molar-refractivity contribution is -0.383. The molecule has 3 N–H and O–H groups in total. The van der Waals surface area contributed by atoms with E-state index in [0.29, 0.717) is 5.69 Å². The number of nitrogens with zero attached hydrogens (tertiary/aromatic N) is 5. The number of hydrazine groups is 1. The molecule has 0 aliphatic heterocycles. The number of hydrogen-bond donors (Lipinski definition) is 3. The van der Waals surface area contributed by atoms with Crippen LogP contribution in [0, 0.1) is 10.1 Å². The van der Waals surface area contributed by atoms with E-state index >= 15 is 0 Å². The van der Waals surface area contributed by atoms with Gasteiger partial charge >= 0.3 is 5.69 Å². The Balaban J connectivity index is 1.82. The largest absolute Gasteiger partial charge is 0.355 e. The normalized spacial score (nSPS) is 10.0. The third-order valence-corrected chi connectivity index (χ3v) is 3.17. The van der Waals surface area contributed by atoms with Crippen molar-refractivity contribution >= 4 is 28.9 Å². The first-order valence-corrected chi connectivity index (χ1v) is 7.28. The standard InChI is InChI=1S/C15H12N8O3/c24-15(10-2-1-5-17-8-10)22-21-14-12(23(25)26)13(18-9-19-14)20-11-3-6-16-7-4-11/h1-9H,(H,22,24)(H2,16,18,19,20,21). The van der Waals surface area contributed by atoms with Crippen molar-refractivity contribution in [1.82, 2.24) is 25.4 Å². The monoisotopic (exact) mass is 352 g/mol. The molecule has 3 heterocycles. The molecule has 0 atom stereocenters. The molecule has 0 aliphatic rings. The first kappa shape index (κ1) is 16.7. The minimum Gasteiger partial charge on any atom is -0.334 e. The van der Waals surface area contributed by atoms with Crippen molar-refractivity contribution in [2.24, 2.45) is 0 Å². The highest BCUT2D eigenvalue weighted by Crippen LogP contribution is 2.30. The zero-order valence-corrected chi connectivity index (χ0v) is 13.2.